The Bertz CT molecular complexity index is 554. The first-order valence-corrected chi connectivity index (χ1v) is 7.56. The smallest absolute Gasteiger partial charge is 0.341 e. The van der Waals surface area contributed by atoms with Crippen molar-refractivity contribution < 1.29 is 19.1 Å². The van der Waals surface area contributed by atoms with Gasteiger partial charge in [0.15, 0.2) is 5.96 Å². The summed E-state index contributed by atoms with van der Waals surface area (Å²) in [4.78, 5) is 27.5. The molecule has 1 aromatic rings. The lowest BCUT2D eigenvalue weighted by Gasteiger charge is -2.09. The molecule has 1 aromatic carbocycles. The van der Waals surface area contributed by atoms with E-state index < -0.39 is 5.97 Å². The number of unbranched alkanes of at least 4 members (excludes halogenated alkanes) is 2. The van der Waals surface area contributed by atoms with E-state index in [9.17, 15) is 9.59 Å². The number of carbonyl (C=O) groups excluding carboxylic acids is 2. The zero-order chi connectivity index (χ0) is 17.1. The van der Waals surface area contributed by atoms with E-state index in [1.165, 1.54) is 0 Å². The molecule has 23 heavy (non-hydrogen) atoms. The van der Waals surface area contributed by atoms with Gasteiger partial charge in [-0.25, -0.2) is 4.79 Å². The molecule has 0 aliphatic carbocycles. The maximum absolute atomic E-state index is 11.8. The molecule has 4 N–H and O–H groups in total. The van der Waals surface area contributed by atoms with E-state index in [-0.39, 0.29) is 36.3 Å². The lowest BCUT2D eigenvalue weighted by atomic mass is 10.2. The summed E-state index contributed by atoms with van der Waals surface area (Å²) in [7, 11) is 0. The van der Waals surface area contributed by atoms with Crippen molar-refractivity contribution in [1.82, 2.24) is 0 Å². The highest BCUT2D eigenvalue weighted by molar-refractivity contribution is 5.93. The first-order chi connectivity index (χ1) is 11.0. The largest absolute Gasteiger partial charge is 0.462 e. The van der Waals surface area contributed by atoms with Crippen LogP contribution in [0, 0.1) is 0 Å². The van der Waals surface area contributed by atoms with Gasteiger partial charge in [-0.15, -0.1) is 0 Å². The summed E-state index contributed by atoms with van der Waals surface area (Å²) in [6.45, 7) is 2.52. The molecule has 0 radical (unpaired) electrons. The number of rotatable bonds is 9. The van der Waals surface area contributed by atoms with E-state index in [0.29, 0.717) is 13.0 Å². The van der Waals surface area contributed by atoms with Crippen LogP contribution in [0.3, 0.4) is 0 Å². The minimum atomic E-state index is -0.506. The highest BCUT2D eigenvalue weighted by Gasteiger charge is 2.15. The average Bonchev–Trinajstić information content (AvgIpc) is 2.51. The minimum Gasteiger partial charge on any atom is -0.462 e. The summed E-state index contributed by atoms with van der Waals surface area (Å²) >= 11 is 0. The predicted molar refractivity (Wildman–Crippen MR) is 87.2 cm³/mol. The highest BCUT2D eigenvalue weighted by Crippen LogP contribution is 2.20. The van der Waals surface area contributed by atoms with E-state index in [1.54, 1.807) is 31.2 Å². The molecule has 0 atom stereocenters. The monoisotopic (exact) mass is 321 g/mol. The number of guanidine groups is 1. The van der Waals surface area contributed by atoms with Crippen LogP contribution in [0.4, 0.5) is 0 Å². The molecule has 0 aliphatic heterocycles. The van der Waals surface area contributed by atoms with Crippen molar-refractivity contribution in [3.8, 4) is 5.75 Å². The molecular weight excluding hydrogens is 298 g/mol. The Morgan fingerprint density at radius 1 is 1.13 bits per heavy atom. The maximum Gasteiger partial charge on any atom is 0.341 e. The van der Waals surface area contributed by atoms with Gasteiger partial charge in [-0.3, -0.25) is 9.79 Å². The van der Waals surface area contributed by atoms with Crippen LogP contribution in [0.25, 0.3) is 0 Å². The SMILES string of the molecule is CCOC(=O)c1ccccc1OC(=O)CCCCCN=C(N)N. The third-order valence-electron chi connectivity index (χ3n) is 2.94. The second-order valence-electron chi connectivity index (χ2n) is 4.81. The number of hydrogen-bond acceptors (Lipinski definition) is 5. The highest BCUT2D eigenvalue weighted by atomic mass is 16.5. The fraction of sp³-hybridized carbons (Fsp3) is 0.438. The van der Waals surface area contributed by atoms with Gasteiger partial charge >= 0.3 is 11.9 Å². The van der Waals surface area contributed by atoms with Crippen LogP contribution in [0.1, 0.15) is 43.0 Å². The summed E-state index contributed by atoms with van der Waals surface area (Å²) in [5, 5.41) is 0. The van der Waals surface area contributed by atoms with Gasteiger partial charge in [-0.05, 0) is 31.9 Å². The molecule has 7 nitrogen and oxygen atoms in total. The molecule has 0 aliphatic rings. The van der Waals surface area contributed by atoms with Crippen molar-refractivity contribution in [3.63, 3.8) is 0 Å². The van der Waals surface area contributed by atoms with Gasteiger partial charge in [0.1, 0.15) is 11.3 Å². The van der Waals surface area contributed by atoms with Gasteiger partial charge < -0.3 is 20.9 Å². The number of aliphatic imine (C=N–C) groups is 1. The van der Waals surface area contributed by atoms with E-state index >= 15 is 0 Å². The summed E-state index contributed by atoms with van der Waals surface area (Å²) in [6.07, 6.45) is 2.54. The Balaban J connectivity index is 2.42. The fourth-order valence-electron chi connectivity index (χ4n) is 1.87. The zero-order valence-electron chi connectivity index (χ0n) is 13.3. The van der Waals surface area contributed by atoms with Gasteiger partial charge in [-0.2, -0.15) is 0 Å². The van der Waals surface area contributed by atoms with E-state index in [0.717, 1.165) is 12.8 Å². The number of para-hydroxylation sites is 1. The minimum absolute atomic E-state index is 0.0694. The quantitative estimate of drug-likeness (QED) is 0.234. The van der Waals surface area contributed by atoms with Crippen LogP contribution in [0.15, 0.2) is 29.3 Å². The average molecular weight is 321 g/mol. The zero-order valence-corrected chi connectivity index (χ0v) is 13.3. The van der Waals surface area contributed by atoms with Crippen molar-refractivity contribution in [2.24, 2.45) is 16.5 Å². The second kappa shape index (κ2) is 10.2. The molecule has 0 unspecified atom stereocenters. The van der Waals surface area contributed by atoms with Gasteiger partial charge in [0.25, 0.3) is 0 Å². The number of esters is 2. The van der Waals surface area contributed by atoms with Crippen LogP contribution in [0.2, 0.25) is 0 Å². The Kier molecular flexibility index (Phi) is 8.20. The molecular formula is C16H23N3O4. The summed E-state index contributed by atoms with van der Waals surface area (Å²) in [5.41, 5.74) is 10.7. The number of ether oxygens (including phenoxy) is 2. The first kappa shape index (κ1) is 18.5. The molecule has 0 amide bonds. The van der Waals surface area contributed by atoms with Crippen LogP contribution in [0.5, 0.6) is 5.75 Å². The Morgan fingerprint density at radius 3 is 2.57 bits per heavy atom. The molecule has 1 rings (SSSR count). The summed E-state index contributed by atoms with van der Waals surface area (Å²) in [6, 6.07) is 6.52. The number of carbonyl (C=O) groups is 2. The fourth-order valence-corrected chi connectivity index (χ4v) is 1.87. The lowest BCUT2D eigenvalue weighted by Crippen LogP contribution is -2.22. The number of nitrogens with zero attached hydrogens (tertiary/aromatic N) is 1. The Labute approximate surface area is 135 Å². The topological polar surface area (TPSA) is 117 Å². The predicted octanol–water partition coefficient (Wildman–Crippen LogP) is 1.60. The number of benzene rings is 1. The molecule has 0 saturated heterocycles. The number of nitrogens with two attached hydrogens (primary N) is 2. The molecule has 0 aromatic heterocycles. The lowest BCUT2D eigenvalue weighted by molar-refractivity contribution is -0.134. The standard InChI is InChI=1S/C16H23N3O4/c1-2-22-15(21)12-8-5-6-9-13(12)23-14(20)10-4-3-7-11-19-16(17)18/h5-6,8-9H,2-4,7,10-11H2,1H3,(H4,17,18,19). The van der Waals surface area contributed by atoms with Crippen LogP contribution in [-0.4, -0.2) is 31.0 Å². The van der Waals surface area contributed by atoms with Crippen LogP contribution >= 0.6 is 0 Å². The van der Waals surface area contributed by atoms with E-state index in [2.05, 4.69) is 4.99 Å². The molecule has 0 heterocycles. The van der Waals surface area contributed by atoms with Crippen LogP contribution < -0.4 is 16.2 Å². The molecule has 0 fully saturated rings. The second-order valence-corrected chi connectivity index (χ2v) is 4.81. The van der Waals surface area contributed by atoms with E-state index in [1.807, 2.05) is 0 Å². The first-order valence-electron chi connectivity index (χ1n) is 7.56. The Morgan fingerprint density at radius 2 is 1.87 bits per heavy atom. The Hall–Kier alpha value is -2.57. The molecule has 7 heteroatoms. The van der Waals surface area contributed by atoms with Gasteiger partial charge in [0, 0.05) is 13.0 Å². The number of hydrogen-bond donors (Lipinski definition) is 2. The van der Waals surface area contributed by atoms with Crippen molar-refractivity contribution >= 4 is 17.9 Å². The van der Waals surface area contributed by atoms with Gasteiger partial charge in [0.05, 0.1) is 6.61 Å². The molecule has 0 spiro atoms. The van der Waals surface area contributed by atoms with Crippen molar-refractivity contribution in [2.75, 3.05) is 13.2 Å². The third-order valence-corrected chi connectivity index (χ3v) is 2.94. The maximum atomic E-state index is 11.8. The normalized spacial score (nSPS) is 9.96. The van der Waals surface area contributed by atoms with Gasteiger partial charge in [0.2, 0.25) is 0 Å². The summed E-state index contributed by atoms with van der Waals surface area (Å²) < 4.78 is 10.2. The molecule has 0 bridgehead atoms. The van der Waals surface area contributed by atoms with Gasteiger partial charge in [-0.1, -0.05) is 18.6 Å². The van der Waals surface area contributed by atoms with Crippen molar-refractivity contribution in [3.05, 3.63) is 29.8 Å². The van der Waals surface area contributed by atoms with E-state index in [4.69, 9.17) is 20.9 Å². The molecule has 0 saturated carbocycles. The summed E-state index contributed by atoms with van der Waals surface area (Å²) in [5.74, 6) is -0.604. The van der Waals surface area contributed by atoms with Crippen molar-refractivity contribution in [2.45, 2.75) is 32.6 Å². The van der Waals surface area contributed by atoms with Crippen LogP contribution in [-0.2, 0) is 9.53 Å². The third kappa shape index (κ3) is 7.30. The van der Waals surface area contributed by atoms with Crippen molar-refractivity contribution in [1.29, 1.82) is 0 Å². The molecule has 126 valence electrons.